The number of anilines is 2. The van der Waals surface area contributed by atoms with Crippen LogP contribution in [0.2, 0.25) is 0 Å². The number of rotatable bonds is 4. The highest BCUT2D eigenvalue weighted by molar-refractivity contribution is 7.94. The van der Waals surface area contributed by atoms with E-state index in [9.17, 15) is 13.2 Å². The first-order valence-electron chi connectivity index (χ1n) is 7.24. The lowest BCUT2D eigenvalue weighted by atomic mass is 9.96. The van der Waals surface area contributed by atoms with Crippen LogP contribution in [0.3, 0.4) is 0 Å². The van der Waals surface area contributed by atoms with E-state index >= 15 is 0 Å². The highest BCUT2D eigenvalue weighted by Gasteiger charge is 2.25. The van der Waals surface area contributed by atoms with Crippen LogP contribution in [-0.4, -0.2) is 24.5 Å². The molecule has 0 radical (unpaired) electrons. The van der Waals surface area contributed by atoms with Crippen molar-refractivity contribution in [2.45, 2.75) is 39.0 Å². The van der Waals surface area contributed by atoms with Crippen LogP contribution in [0.4, 0.5) is 10.8 Å². The van der Waals surface area contributed by atoms with Gasteiger partial charge in [-0.15, -0.1) is 10.2 Å². The zero-order valence-corrected chi connectivity index (χ0v) is 15.8. The van der Waals surface area contributed by atoms with Gasteiger partial charge in [-0.1, -0.05) is 49.8 Å². The smallest absolute Gasteiger partial charge is 0.291 e. The summed E-state index contributed by atoms with van der Waals surface area (Å²) in [6.07, 6.45) is 0. The third-order valence-electron chi connectivity index (χ3n) is 3.16. The average Bonchev–Trinajstić information content (AvgIpc) is 2.90. The van der Waals surface area contributed by atoms with Crippen LogP contribution in [0.5, 0.6) is 0 Å². The second-order valence-corrected chi connectivity index (χ2v) is 9.33. The van der Waals surface area contributed by atoms with Crippen LogP contribution in [0.1, 0.15) is 31.9 Å². The van der Waals surface area contributed by atoms with E-state index in [1.165, 1.54) is 0 Å². The number of benzene rings is 1. The summed E-state index contributed by atoms with van der Waals surface area (Å²) in [4.78, 5) is 11.9. The number of nitrogens with one attached hydrogen (secondary N) is 2. The molecule has 1 heterocycles. The van der Waals surface area contributed by atoms with Gasteiger partial charge in [0.1, 0.15) is 0 Å². The Morgan fingerprint density at radius 1 is 1.17 bits per heavy atom. The summed E-state index contributed by atoms with van der Waals surface area (Å²) < 4.78 is 27.1. The molecule has 0 fully saturated rings. The molecule has 2 aromatic rings. The lowest BCUT2D eigenvalue weighted by molar-refractivity contribution is -0.123. The fraction of sp³-hybridized carbons (Fsp3) is 0.400. The lowest BCUT2D eigenvalue weighted by Crippen LogP contribution is -2.27. The van der Waals surface area contributed by atoms with Crippen LogP contribution < -0.4 is 10.0 Å². The van der Waals surface area contributed by atoms with Gasteiger partial charge in [0.05, 0.1) is 5.69 Å². The molecule has 2 N–H and O–H groups in total. The van der Waals surface area contributed by atoms with E-state index < -0.39 is 15.4 Å². The second kappa shape index (κ2) is 6.48. The summed E-state index contributed by atoms with van der Waals surface area (Å²) in [7, 11) is -3.86. The molecule has 0 saturated heterocycles. The first-order chi connectivity index (χ1) is 11.0. The number of sulfonamides is 1. The van der Waals surface area contributed by atoms with Crippen molar-refractivity contribution >= 4 is 38.1 Å². The molecular weight excluding hydrogens is 348 g/mol. The fourth-order valence-corrected chi connectivity index (χ4v) is 3.80. The summed E-state index contributed by atoms with van der Waals surface area (Å²) in [6, 6.07) is 5.40. The Balaban J connectivity index is 2.20. The highest BCUT2D eigenvalue weighted by atomic mass is 32.2. The molecule has 0 aliphatic carbocycles. The molecule has 24 heavy (non-hydrogen) atoms. The van der Waals surface area contributed by atoms with E-state index in [-0.39, 0.29) is 15.4 Å². The standard InChI is InChI=1S/C15H20N4O3S2/c1-9-6-7-11(10(2)8-9)19-24(21,22)14-18-17-13(23-14)16-12(20)15(3,4)5/h6-8,19H,1-5H3,(H,16,17,20). The number of hydrogen-bond donors (Lipinski definition) is 2. The number of carbonyl (C=O) groups is 1. The Bertz CT molecular complexity index is 867. The Morgan fingerprint density at radius 2 is 1.83 bits per heavy atom. The molecule has 9 heteroatoms. The van der Waals surface area contributed by atoms with Gasteiger partial charge >= 0.3 is 0 Å². The van der Waals surface area contributed by atoms with Crippen LogP contribution in [0, 0.1) is 19.3 Å². The van der Waals surface area contributed by atoms with Gasteiger partial charge in [0.25, 0.3) is 14.4 Å². The van der Waals surface area contributed by atoms with Crippen molar-refractivity contribution in [3.05, 3.63) is 29.3 Å². The third kappa shape index (κ3) is 4.30. The molecule has 0 aliphatic heterocycles. The van der Waals surface area contributed by atoms with Gasteiger partial charge in [-0.3, -0.25) is 9.52 Å². The first-order valence-corrected chi connectivity index (χ1v) is 9.54. The fourth-order valence-electron chi connectivity index (χ4n) is 1.77. The summed E-state index contributed by atoms with van der Waals surface area (Å²) in [5.41, 5.74) is 1.72. The van der Waals surface area contributed by atoms with Gasteiger partial charge in [-0.2, -0.15) is 8.42 Å². The molecule has 0 bridgehead atoms. The summed E-state index contributed by atoms with van der Waals surface area (Å²) in [6.45, 7) is 9.01. The third-order valence-corrected chi connectivity index (χ3v) is 5.74. The summed E-state index contributed by atoms with van der Waals surface area (Å²) in [5.74, 6) is -0.259. The molecular formula is C15H20N4O3S2. The predicted octanol–water partition coefficient (Wildman–Crippen LogP) is 2.94. The number of nitrogens with zero attached hydrogens (tertiary/aromatic N) is 2. The predicted molar refractivity (Wildman–Crippen MR) is 94.7 cm³/mol. The van der Waals surface area contributed by atoms with Gasteiger partial charge < -0.3 is 5.32 Å². The van der Waals surface area contributed by atoms with Gasteiger partial charge in [-0.05, 0) is 25.5 Å². The maximum absolute atomic E-state index is 12.4. The number of hydrogen-bond acceptors (Lipinski definition) is 6. The average molecular weight is 368 g/mol. The lowest BCUT2D eigenvalue weighted by Gasteiger charge is -2.15. The summed E-state index contributed by atoms with van der Waals surface area (Å²) >= 11 is 0.808. The largest absolute Gasteiger partial charge is 0.300 e. The normalized spacial score (nSPS) is 12.0. The Hall–Kier alpha value is -2.00. The molecule has 1 aromatic heterocycles. The molecule has 7 nitrogen and oxygen atoms in total. The maximum Gasteiger partial charge on any atom is 0.291 e. The molecule has 0 saturated carbocycles. The summed E-state index contributed by atoms with van der Waals surface area (Å²) in [5, 5.41) is 10.1. The molecule has 0 unspecified atom stereocenters. The van der Waals surface area contributed by atoms with Gasteiger partial charge in [0.2, 0.25) is 11.0 Å². The second-order valence-electron chi connectivity index (χ2n) is 6.50. The van der Waals surface area contributed by atoms with Crippen molar-refractivity contribution in [2.24, 2.45) is 5.41 Å². The minimum absolute atomic E-state index is 0.149. The quantitative estimate of drug-likeness (QED) is 0.808. The minimum atomic E-state index is -3.86. The topological polar surface area (TPSA) is 101 Å². The van der Waals surface area contributed by atoms with Crippen LogP contribution in [-0.2, 0) is 14.8 Å². The number of amides is 1. The molecule has 1 amide bonds. The number of aryl methyl sites for hydroxylation is 2. The van der Waals surface area contributed by atoms with Crippen molar-refractivity contribution in [3.63, 3.8) is 0 Å². The molecule has 0 atom stereocenters. The van der Waals surface area contributed by atoms with E-state index in [4.69, 9.17) is 0 Å². The SMILES string of the molecule is Cc1ccc(NS(=O)(=O)c2nnc(NC(=O)C(C)(C)C)s2)c(C)c1. The van der Waals surface area contributed by atoms with Crippen molar-refractivity contribution in [1.82, 2.24) is 10.2 Å². The van der Waals surface area contributed by atoms with Crippen LogP contribution >= 0.6 is 11.3 Å². The first kappa shape index (κ1) is 18.3. The minimum Gasteiger partial charge on any atom is -0.300 e. The molecule has 2 rings (SSSR count). The van der Waals surface area contributed by atoms with Crippen LogP contribution in [0.15, 0.2) is 22.5 Å². The number of carbonyl (C=O) groups excluding carboxylic acids is 1. The van der Waals surface area contributed by atoms with E-state index in [2.05, 4.69) is 20.2 Å². The molecule has 1 aromatic carbocycles. The van der Waals surface area contributed by atoms with E-state index in [0.717, 1.165) is 22.5 Å². The molecule has 0 spiro atoms. The molecule has 130 valence electrons. The van der Waals surface area contributed by atoms with Crippen molar-refractivity contribution < 1.29 is 13.2 Å². The van der Waals surface area contributed by atoms with Gasteiger partial charge in [0, 0.05) is 5.41 Å². The van der Waals surface area contributed by atoms with Crippen molar-refractivity contribution in [3.8, 4) is 0 Å². The monoisotopic (exact) mass is 368 g/mol. The number of aromatic nitrogens is 2. The van der Waals surface area contributed by atoms with Crippen molar-refractivity contribution in [2.75, 3.05) is 10.0 Å². The van der Waals surface area contributed by atoms with Gasteiger partial charge in [0.15, 0.2) is 0 Å². The van der Waals surface area contributed by atoms with E-state index in [1.54, 1.807) is 26.8 Å². The van der Waals surface area contributed by atoms with E-state index in [0.29, 0.717) is 5.69 Å². The van der Waals surface area contributed by atoms with Crippen LogP contribution in [0.25, 0.3) is 0 Å². The Labute approximate surface area is 145 Å². The Morgan fingerprint density at radius 3 is 2.42 bits per heavy atom. The van der Waals surface area contributed by atoms with Gasteiger partial charge in [-0.25, -0.2) is 0 Å². The zero-order chi connectivity index (χ0) is 18.1. The Kier molecular flexibility index (Phi) is 4.95. The highest BCUT2D eigenvalue weighted by Crippen LogP contribution is 2.26. The van der Waals surface area contributed by atoms with E-state index in [1.807, 2.05) is 26.0 Å². The molecule has 0 aliphatic rings. The zero-order valence-electron chi connectivity index (χ0n) is 14.2. The maximum atomic E-state index is 12.4. The van der Waals surface area contributed by atoms with Crippen molar-refractivity contribution in [1.29, 1.82) is 0 Å².